The van der Waals surface area contributed by atoms with Crippen LogP contribution in [0.2, 0.25) is 0 Å². The van der Waals surface area contributed by atoms with Crippen LogP contribution in [0.4, 0.5) is 5.69 Å². The number of nitrogens with one attached hydrogen (secondary N) is 1. The Bertz CT molecular complexity index is 528. The van der Waals surface area contributed by atoms with Crippen LogP contribution < -0.4 is 5.32 Å². The van der Waals surface area contributed by atoms with Crippen LogP contribution in [0.3, 0.4) is 0 Å². The maximum absolute atomic E-state index is 11.6. The van der Waals surface area contributed by atoms with Gasteiger partial charge in [0.2, 0.25) is 0 Å². The number of aliphatic hydroxyl groups is 1. The Labute approximate surface area is 184 Å². The summed E-state index contributed by atoms with van der Waals surface area (Å²) in [7, 11) is 0. The van der Waals surface area contributed by atoms with E-state index in [1.54, 1.807) is 6.92 Å². The van der Waals surface area contributed by atoms with Crippen molar-refractivity contribution in [1.82, 2.24) is 0 Å². The lowest BCUT2D eigenvalue weighted by atomic mass is 10.1. The van der Waals surface area contributed by atoms with Gasteiger partial charge in [-0.05, 0) is 37.5 Å². The van der Waals surface area contributed by atoms with E-state index in [0.29, 0.717) is 12.8 Å². The van der Waals surface area contributed by atoms with Crippen LogP contribution in [-0.4, -0.2) is 30.3 Å². The maximum atomic E-state index is 11.6. The minimum absolute atomic E-state index is 0.0703. The normalized spacial score (nSPS) is 12.0. The zero-order valence-corrected chi connectivity index (χ0v) is 19.5. The highest BCUT2D eigenvalue weighted by atomic mass is 16.5. The number of ether oxygens (including phenoxy) is 1. The summed E-state index contributed by atoms with van der Waals surface area (Å²) < 4.78 is 4.98. The molecule has 0 fully saturated rings. The molecule has 0 radical (unpaired) electrons. The summed E-state index contributed by atoms with van der Waals surface area (Å²) in [4.78, 5) is 11.6. The van der Waals surface area contributed by atoms with E-state index in [4.69, 9.17) is 9.84 Å². The van der Waals surface area contributed by atoms with E-state index >= 15 is 0 Å². The van der Waals surface area contributed by atoms with E-state index in [1.807, 2.05) is 0 Å². The van der Waals surface area contributed by atoms with Gasteiger partial charge in [-0.2, -0.15) is 0 Å². The monoisotopic (exact) mass is 419 g/mol. The second-order valence-corrected chi connectivity index (χ2v) is 8.54. The van der Waals surface area contributed by atoms with E-state index < -0.39 is 6.10 Å². The molecule has 0 aliphatic rings. The van der Waals surface area contributed by atoms with Crippen molar-refractivity contribution in [2.75, 3.05) is 18.5 Å². The molecule has 1 atom stereocenters. The fourth-order valence-electron chi connectivity index (χ4n) is 3.52. The molecule has 0 bridgehead atoms. The van der Waals surface area contributed by atoms with Crippen LogP contribution in [0.5, 0.6) is 0 Å². The van der Waals surface area contributed by atoms with Crippen molar-refractivity contribution in [3.8, 4) is 0 Å². The van der Waals surface area contributed by atoms with Crippen molar-refractivity contribution < 1.29 is 14.6 Å². The lowest BCUT2D eigenvalue weighted by Gasteiger charge is -2.09. The Balaban J connectivity index is 1.97. The molecule has 1 aromatic rings. The molecule has 0 saturated carbocycles. The molecule has 1 rings (SSSR count). The number of benzene rings is 1. The lowest BCUT2D eigenvalue weighted by Crippen LogP contribution is -2.15. The number of hydrogen-bond acceptors (Lipinski definition) is 4. The largest absolute Gasteiger partial charge is 0.463 e. The van der Waals surface area contributed by atoms with E-state index in [1.165, 1.54) is 77.0 Å². The summed E-state index contributed by atoms with van der Waals surface area (Å²) in [6.45, 7) is 4.97. The highest BCUT2D eigenvalue weighted by molar-refractivity contribution is 5.69. The zero-order chi connectivity index (χ0) is 21.9. The minimum atomic E-state index is -0.607. The molecule has 0 spiro atoms. The number of aryl methyl sites for hydroxylation is 1. The average molecular weight is 420 g/mol. The molecule has 4 heteroatoms. The Kier molecular flexibility index (Phi) is 16.1. The van der Waals surface area contributed by atoms with Crippen molar-refractivity contribution in [2.45, 2.75) is 110 Å². The zero-order valence-electron chi connectivity index (χ0n) is 19.5. The summed E-state index contributed by atoms with van der Waals surface area (Å²) in [5.74, 6) is -0.259. The van der Waals surface area contributed by atoms with Gasteiger partial charge < -0.3 is 15.2 Å². The average Bonchev–Trinajstić information content (AvgIpc) is 2.75. The van der Waals surface area contributed by atoms with Crippen LogP contribution in [0.1, 0.15) is 103 Å². The summed E-state index contributed by atoms with van der Waals surface area (Å²) in [5.41, 5.74) is 2.26. The molecule has 1 unspecified atom stereocenters. The molecule has 0 aromatic heterocycles. The molecule has 30 heavy (non-hydrogen) atoms. The van der Waals surface area contributed by atoms with Gasteiger partial charge in [0.1, 0.15) is 6.61 Å². The van der Waals surface area contributed by atoms with E-state index in [2.05, 4.69) is 36.5 Å². The van der Waals surface area contributed by atoms with Crippen LogP contribution in [0, 0.1) is 0 Å². The summed E-state index contributed by atoms with van der Waals surface area (Å²) in [6.07, 6.45) is 16.9. The Morgan fingerprint density at radius 3 is 1.97 bits per heavy atom. The summed E-state index contributed by atoms with van der Waals surface area (Å²) in [6, 6.07) is 8.28. The lowest BCUT2D eigenvalue weighted by molar-refractivity contribution is -0.146. The van der Waals surface area contributed by atoms with Gasteiger partial charge in [0.05, 0.1) is 6.10 Å². The first-order chi connectivity index (χ1) is 14.6. The third-order valence-corrected chi connectivity index (χ3v) is 5.42. The van der Waals surface area contributed by atoms with Crippen LogP contribution >= 0.6 is 0 Å². The molecule has 2 N–H and O–H groups in total. The number of carbonyl (C=O) groups is 1. The van der Waals surface area contributed by atoms with Gasteiger partial charge in [0, 0.05) is 18.7 Å². The molecule has 172 valence electrons. The molecular formula is C26H45NO3. The topological polar surface area (TPSA) is 58.6 Å². The first kappa shape index (κ1) is 26.5. The second-order valence-electron chi connectivity index (χ2n) is 8.54. The molecule has 0 saturated heterocycles. The number of rotatable bonds is 19. The van der Waals surface area contributed by atoms with E-state index in [9.17, 15) is 4.79 Å². The number of esters is 1. The van der Waals surface area contributed by atoms with Gasteiger partial charge in [0.15, 0.2) is 0 Å². The minimum Gasteiger partial charge on any atom is -0.463 e. The SMILES string of the molecule is CCCCCCCCCCCCCCNc1ccc(CCC(=O)OCC(C)O)cc1. The van der Waals surface area contributed by atoms with Gasteiger partial charge in [0.25, 0.3) is 0 Å². The quantitative estimate of drug-likeness (QED) is 0.194. The Hall–Kier alpha value is -1.55. The maximum Gasteiger partial charge on any atom is 0.306 e. The van der Waals surface area contributed by atoms with Crippen molar-refractivity contribution in [3.63, 3.8) is 0 Å². The molecule has 0 aliphatic carbocycles. The number of unbranched alkanes of at least 4 members (excludes halogenated alkanes) is 11. The third-order valence-electron chi connectivity index (χ3n) is 5.42. The number of hydrogen-bond donors (Lipinski definition) is 2. The highest BCUT2D eigenvalue weighted by Crippen LogP contribution is 2.14. The second kappa shape index (κ2) is 18.2. The van der Waals surface area contributed by atoms with Gasteiger partial charge in [-0.25, -0.2) is 0 Å². The van der Waals surface area contributed by atoms with Gasteiger partial charge in [-0.3, -0.25) is 4.79 Å². The van der Waals surface area contributed by atoms with Crippen molar-refractivity contribution in [1.29, 1.82) is 0 Å². The molecule has 4 nitrogen and oxygen atoms in total. The fraction of sp³-hybridized carbons (Fsp3) is 0.731. The van der Waals surface area contributed by atoms with Crippen LogP contribution in [0.15, 0.2) is 24.3 Å². The smallest absolute Gasteiger partial charge is 0.306 e. The molecule has 0 aliphatic heterocycles. The van der Waals surface area contributed by atoms with Crippen LogP contribution in [0.25, 0.3) is 0 Å². The van der Waals surface area contributed by atoms with Gasteiger partial charge >= 0.3 is 5.97 Å². The Morgan fingerprint density at radius 1 is 0.900 bits per heavy atom. The van der Waals surface area contributed by atoms with Crippen molar-refractivity contribution in [3.05, 3.63) is 29.8 Å². The molecular weight excluding hydrogens is 374 g/mol. The van der Waals surface area contributed by atoms with Crippen molar-refractivity contribution in [2.24, 2.45) is 0 Å². The molecule has 1 aromatic carbocycles. The number of anilines is 1. The third kappa shape index (κ3) is 15.3. The number of aliphatic hydroxyl groups excluding tert-OH is 1. The standard InChI is InChI=1S/C26H45NO3/c1-3-4-5-6-7-8-9-10-11-12-13-14-21-27-25-18-15-24(16-19-25)17-20-26(29)30-22-23(2)28/h15-16,18-19,23,27-28H,3-14,17,20-22H2,1-2H3. The molecule has 0 heterocycles. The van der Waals surface area contributed by atoms with Gasteiger partial charge in [-0.1, -0.05) is 89.7 Å². The predicted molar refractivity (Wildman–Crippen MR) is 127 cm³/mol. The van der Waals surface area contributed by atoms with Crippen LogP contribution in [-0.2, 0) is 16.0 Å². The Morgan fingerprint density at radius 2 is 1.43 bits per heavy atom. The summed E-state index contributed by atoms with van der Waals surface area (Å²) >= 11 is 0. The highest BCUT2D eigenvalue weighted by Gasteiger charge is 2.05. The van der Waals surface area contributed by atoms with Crippen molar-refractivity contribution >= 4 is 11.7 Å². The summed E-state index contributed by atoms with van der Waals surface area (Å²) in [5, 5.41) is 12.6. The predicted octanol–water partition coefficient (Wildman–Crippen LogP) is 6.66. The van der Waals surface area contributed by atoms with E-state index in [-0.39, 0.29) is 12.6 Å². The van der Waals surface area contributed by atoms with Gasteiger partial charge in [-0.15, -0.1) is 0 Å². The fourth-order valence-corrected chi connectivity index (χ4v) is 3.52. The first-order valence-corrected chi connectivity index (χ1v) is 12.3. The first-order valence-electron chi connectivity index (χ1n) is 12.3. The number of carbonyl (C=O) groups excluding carboxylic acids is 1. The van der Waals surface area contributed by atoms with E-state index in [0.717, 1.165) is 17.8 Å². The molecule has 0 amide bonds.